The second kappa shape index (κ2) is 10.4. The first-order valence-electron chi connectivity index (χ1n) is 12.0. The minimum atomic E-state index is -0.383. The summed E-state index contributed by atoms with van der Waals surface area (Å²) in [6.07, 6.45) is 1.62. The highest BCUT2D eigenvalue weighted by molar-refractivity contribution is 5.77. The molecule has 0 fully saturated rings. The number of hydrogen-bond acceptors (Lipinski definition) is 6. The molecule has 8 nitrogen and oxygen atoms in total. The third-order valence-corrected chi connectivity index (χ3v) is 5.99. The Balaban J connectivity index is 1.38. The number of ether oxygens (including phenoxy) is 1. The number of nitrogens with zero attached hydrogens (tertiary/aromatic N) is 4. The van der Waals surface area contributed by atoms with E-state index in [0.29, 0.717) is 29.9 Å². The number of rotatable bonds is 9. The van der Waals surface area contributed by atoms with Crippen LogP contribution in [0.15, 0.2) is 93.0 Å². The summed E-state index contributed by atoms with van der Waals surface area (Å²) < 4.78 is 14.1. The molecule has 0 atom stereocenters. The van der Waals surface area contributed by atoms with E-state index >= 15 is 0 Å². The minimum absolute atomic E-state index is 0.0665. The molecule has 0 radical (unpaired) electrons. The smallest absolute Gasteiger partial charge is 0.331 e. The summed E-state index contributed by atoms with van der Waals surface area (Å²) in [5, 5.41) is 4.58. The molecule has 0 saturated heterocycles. The molecule has 3 aromatic carbocycles. The van der Waals surface area contributed by atoms with Gasteiger partial charge in [-0.05, 0) is 48.4 Å². The van der Waals surface area contributed by atoms with Gasteiger partial charge in [0.2, 0.25) is 11.7 Å². The molecule has 5 rings (SSSR count). The van der Waals surface area contributed by atoms with Crippen LogP contribution in [0.25, 0.3) is 22.3 Å². The van der Waals surface area contributed by atoms with E-state index in [-0.39, 0.29) is 23.7 Å². The molecule has 2 aromatic heterocycles. The molecule has 5 aromatic rings. The SMILES string of the molecule is CCCCn1c(=O)c2ccccc2n(Cc2nc(-c3ccc(OCc4ccccc4)cc3)no2)c1=O. The maximum atomic E-state index is 13.2. The van der Waals surface area contributed by atoms with Crippen molar-refractivity contribution in [1.82, 2.24) is 19.3 Å². The largest absolute Gasteiger partial charge is 0.489 e. The van der Waals surface area contributed by atoms with E-state index in [1.54, 1.807) is 24.3 Å². The lowest BCUT2D eigenvalue weighted by atomic mass is 10.2. The Morgan fingerprint density at radius 3 is 2.42 bits per heavy atom. The summed E-state index contributed by atoms with van der Waals surface area (Å²) in [6.45, 7) is 2.94. The molecule has 0 spiro atoms. The van der Waals surface area contributed by atoms with Gasteiger partial charge in [-0.2, -0.15) is 4.98 Å². The lowest BCUT2D eigenvalue weighted by molar-refractivity contribution is 0.306. The number of aromatic nitrogens is 4. The van der Waals surface area contributed by atoms with E-state index in [4.69, 9.17) is 9.26 Å². The zero-order valence-electron chi connectivity index (χ0n) is 20.0. The molecule has 0 aliphatic carbocycles. The summed E-state index contributed by atoms with van der Waals surface area (Å²) in [4.78, 5) is 30.6. The molecule has 0 saturated carbocycles. The Hall–Kier alpha value is -4.46. The van der Waals surface area contributed by atoms with E-state index in [0.717, 1.165) is 29.7 Å². The van der Waals surface area contributed by atoms with Crippen LogP contribution in [-0.2, 0) is 19.7 Å². The van der Waals surface area contributed by atoms with Crippen LogP contribution < -0.4 is 16.0 Å². The van der Waals surface area contributed by atoms with Gasteiger partial charge < -0.3 is 9.26 Å². The van der Waals surface area contributed by atoms with Crippen molar-refractivity contribution >= 4 is 10.9 Å². The Kier molecular flexibility index (Phi) is 6.75. The maximum Gasteiger partial charge on any atom is 0.331 e. The number of hydrogen-bond donors (Lipinski definition) is 0. The third kappa shape index (κ3) is 4.84. The maximum absolute atomic E-state index is 13.2. The van der Waals surface area contributed by atoms with Crippen molar-refractivity contribution in [3.05, 3.63) is 111 Å². The lowest BCUT2D eigenvalue weighted by Gasteiger charge is -2.12. The zero-order chi connectivity index (χ0) is 24.9. The second-order valence-corrected chi connectivity index (χ2v) is 8.51. The van der Waals surface area contributed by atoms with E-state index in [1.807, 2.05) is 61.5 Å². The zero-order valence-corrected chi connectivity index (χ0v) is 20.0. The Morgan fingerprint density at radius 2 is 1.64 bits per heavy atom. The predicted molar refractivity (Wildman–Crippen MR) is 137 cm³/mol. The quantitative estimate of drug-likeness (QED) is 0.304. The monoisotopic (exact) mass is 482 g/mol. The summed E-state index contributed by atoms with van der Waals surface area (Å²) >= 11 is 0. The van der Waals surface area contributed by atoms with Crippen molar-refractivity contribution in [3.63, 3.8) is 0 Å². The van der Waals surface area contributed by atoms with Gasteiger partial charge in [-0.25, -0.2) is 4.79 Å². The van der Waals surface area contributed by atoms with Gasteiger partial charge in [-0.1, -0.05) is 61.0 Å². The average Bonchev–Trinajstić information content (AvgIpc) is 3.39. The molecular weight excluding hydrogens is 456 g/mol. The average molecular weight is 483 g/mol. The second-order valence-electron chi connectivity index (χ2n) is 8.51. The van der Waals surface area contributed by atoms with Crippen molar-refractivity contribution < 1.29 is 9.26 Å². The van der Waals surface area contributed by atoms with E-state index < -0.39 is 0 Å². The van der Waals surface area contributed by atoms with Crippen LogP contribution in [0.5, 0.6) is 5.75 Å². The topological polar surface area (TPSA) is 92.2 Å². The van der Waals surface area contributed by atoms with Gasteiger partial charge in [0.25, 0.3) is 5.56 Å². The molecule has 0 amide bonds. The summed E-state index contributed by atoms with van der Waals surface area (Å²) in [6, 6.07) is 24.5. The standard InChI is InChI=1S/C28H26N4O4/c1-2-3-17-31-27(33)23-11-7-8-12-24(23)32(28(31)34)18-25-29-26(30-36-25)21-13-15-22(16-14-21)35-19-20-9-5-4-6-10-20/h4-16H,2-3,17-19H2,1H3. The van der Waals surface area contributed by atoms with Crippen molar-refractivity contribution in [2.75, 3.05) is 0 Å². The van der Waals surface area contributed by atoms with Crippen molar-refractivity contribution in [3.8, 4) is 17.1 Å². The molecule has 0 N–H and O–H groups in total. The normalized spacial score (nSPS) is 11.1. The molecule has 0 unspecified atom stereocenters. The third-order valence-electron chi connectivity index (χ3n) is 5.99. The van der Waals surface area contributed by atoms with Crippen molar-refractivity contribution in [2.45, 2.75) is 39.5 Å². The molecule has 0 aliphatic heterocycles. The van der Waals surface area contributed by atoms with Crippen LogP contribution in [0.2, 0.25) is 0 Å². The van der Waals surface area contributed by atoms with E-state index in [9.17, 15) is 9.59 Å². The molecule has 36 heavy (non-hydrogen) atoms. The van der Waals surface area contributed by atoms with E-state index in [1.165, 1.54) is 9.13 Å². The summed E-state index contributed by atoms with van der Waals surface area (Å²) in [5.41, 5.74) is 1.74. The van der Waals surface area contributed by atoms with Crippen LogP contribution in [0.3, 0.4) is 0 Å². The summed E-state index contributed by atoms with van der Waals surface area (Å²) in [5.74, 6) is 1.43. The highest BCUT2D eigenvalue weighted by atomic mass is 16.5. The van der Waals surface area contributed by atoms with Gasteiger partial charge in [0.05, 0.1) is 10.9 Å². The summed E-state index contributed by atoms with van der Waals surface area (Å²) in [7, 11) is 0. The number of benzene rings is 3. The Morgan fingerprint density at radius 1 is 0.889 bits per heavy atom. The van der Waals surface area contributed by atoms with Gasteiger partial charge in [0.15, 0.2) is 0 Å². The first kappa shape index (κ1) is 23.3. The van der Waals surface area contributed by atoms with Gasteiger partial charge in [-0.15, -0.1) is 0 Å². The van der Waals surface area contributed by atoms with Gasteiger partial charge >= 0.3 is 5.69 Å². The van der Waals surface area contributed by atoms with Crippen molar-refractivity contribution in [2.24, 2.45) is 0 Å². The Labute approximate surface area is 207 Å². The molecule has 0 aliphatic rings. The minimum Gasteiger partial charge on any atom is -0.489 e. The van der Waals surface area contributed by atoms with E-state index in [2.05, 4.69) is 10.1 Å². The van der Waals surface area contributed by atoms with Crippen LogP contribution in [0.4, 0.5) is 0 Å². The van der Waals surface area contributed by atoms with Crippen LogP contribution in [0.1, 0.15) is 31.2 Å². The predicted octanol–water partition coefficient (Wildman–Crippen LogP) is 4.64. The highest BCUT2D eigenvalue weighted by Crippen LogP contribution is 2.21. The fraction of sp³-hybridized carbons (Fsp3) is 0.214. The fourth-order valence-corrected chi connectivity index (χ4v) is 4.05. The fourth-order valence-electron chi connectivity index (χ4n) is 4.05. The first-order chi connectivity index (χ1) is 17.6. The molecule has 8 heteroatoms. The van der Waals surface area contributed by atoms with Crippen LogP contribution >= 0.6 is 0 Å². The molecule has 2 heterocycles. The van der Waals surface area contributed by atoms with Crippen LogP contribution in [0, 0.1) is 0 Å². The first-order valence-corrected chi connectivity index (χ1v) is 12.0. The molecule has 0 bridgehead atoms. The highest BCUT2D eigenvalue weighted by Gasteiger charge is 2.16. The molecular formula is C28H26N4O4. The number of para-hydroxylation sites is 1. The van der Waals surface area contributed by atoms with Crippen LogP contribution in [-0.4, -0.2) is 19.3 Å². The van der Waals surface area contributed by atoms with Gasteiger partial charge in [-0.3, -0.25) is 13.9 Å². The lowest BCUT2D eigenvalue weighted by Crippen LogP contribution is -2.40. The van der Waals surface area contributed by atoms with Gasteiger partial charge in [0.1, 0.15) is 18.9 Å². The number of fused-ring (bicyclic) bond motifs is 1. The number of unbranched alkanes of at least 4 members (excludes halogenated alkanes) is 1. The molecule has 182 valence electrons. The van der Waals surface area contributed by atoms with Crippen molar-refractivity contribution in [1.29, 1.82) is 0 Å². The Bertz CT molecular complexity index is 1580. The van der Waals surface area contributed by atoms with Gasteiger partial charge in [0, 0.05) is 12.1 Å².